The third kappa shape index (κ3) is 3.18. The molecule has 0 saturated carbocycles. The maximum atomic E-state index is 4.64. The minimum atomic E-state index is -0.288. The van der Waals surface area contributed by atoms with E-state index in [1.165, 1.54) is 10.9 Å². The van der Waals surface area contributed by atoms with Crippen LogP contribution in [0.3, 0.4) is 0 Å². The molecule has 30 heavy (non-hydrogen) atoms. The van der Waals surface area contributed by atoms with Crippen molar-refractivity contribution in [2.24, 2.45) is 7.05 Å². The van der Waals surface area contributed by atoms with E-state index < -0.39 is 0 Å². The van der Waals surface area contributed by atoms with Gasteiger partial charge in [-0.05, 0) is 60.7 Å². The Labute approximate surface area is 175 Å². The van der Waals surface area contributed by atoms with Crippen LogP contribution in [-0.2, 0) is 12.6 Å². The Morgan fingerprint density at radius 2 is 1.80 bits per heavy atom. The van der Waals surface area contributed by atoms with Gasteiger partial charge in [-0.1, -0.05) is 18.2 Å². The Morgan fingerprint density at radius 1 is 0.933 bits per heavy atom. The van der Waals surface area contributed by atoms with E-state index in [-0.39, 0.29) is 5.54 Å². The van der Waals surface area contributed by atoms with E-state index in [4.69, 9.17) is 0 Å². The summed E-state index contributed by atoms with van der Waals surface area (Å²) in [6.07, 6.45) is 9.27. The molecule has 0 fully saturated rings. The highest BCUT2D eigenvalue weighted by Gasteiger charge is 2.21. The number of hydrogen-bond donors (Lipinski definition) is 1. The maximum absolute atomic E-state index is 4.64. The van der Waals surface area contributed by atoms with Crippen LogP contribution in [-0.4, -0.2) is 19.5 Å². The topological polar surface area (TPSA) is 55.6 Å². The molecule has 0 saturated heterocycles. The zero-order chi connectivity index (χ0) is 20.7. The van der Waals surface area contributed by atoms with Crippen molar-refractivity contribution >= 4 is 27.6 Å². The highest BCUT2D eigenvalue weighted by Crippen LogP contribution is 2.34. The van der Waals surface area contributed by atoms with Crippen LogP contribution in [0.15, 0.2) is 79.5 Å². The third-order valence-corrected chi connectivity index (χ3v) is 5.61. The monoisotopic (exact) mass is 393 g/mol. The first-order chi connectivity index (χ1) is 14.5. The van der Waals surface area contributed by atoms with Gasteiger partial charge in [0, 0.05) is 54.8 Å². The number of benzene rings is 2. The van der Waals surface area contributed by atoms with Crippen LogP contribution < -0.4 is 5.32 Å². The summed E-state index contributed by atoms with van der Waals surface area (Å²) in [4.78, 5) is 13.5. The van der Waals surface area contributed by atoms with Crippen molar-refractivity contribution in [1.82, 2.24) is 19.5 Å². The maximum Gasteiger partial charge on any atom is 0.0966 e. The van der Waals surface area contributed by atoms with Gasteiger partial charge < -0.3 is 9.88 Å². The van der Waals surface area contributed by atoms with E-state index in [1.54, 1.807) is 18.6 Å². The molecule has 2 aromatic carbocycles. The molecular weight excluding hydrogens is 370 g/mol. The zero-order valence-corrected chi connectivity index (χ0v) is 17.3. The molecule has 148 valence electrons. The number of hydrogen-bond acceptors (Lipinski definition) is 4. The second-order valence-electron chi connectivity index (χ2n) is 8.14. The molecule has 0 aliphatic carbocycles. The second kappa shape index (κ2) is 6.95. The lowest BCUT2D eigenvalue weighted by Crippen LogP contribution is -2.28. The van der Waals surface area contributed by atoms with E-state index in [0.29, 0.717) is 0 Å². The average molecular weight is 393 g/mol. The molecule has 0 bridgehead atoms. The summed E-state index contributed by atoms with van der Waals surface area (Å²) in [5, 5.41) is 4.89. The Balaban J connectivity index is 1.65. The quantitative estimate of drug-likeness (QED) is 0.436. The molecule has 5 rings (SSSR count). The smallest absolute Gasteiger partial charge is 0.0966 e. The summed E-state index contributed by atoms with van der Waals surface area (Å²) >= 11 is 0. The van der Waals surface area contributed by atoms with Gasteiger partial charge in [0.15, 0.2) is 0 Å². The zero-order valence-electron chi connectivity index (χ0n) is 17.3. The fourth-order valence-electron chi connectivity index (χ4n) is 3.96. The molecule has 5 aromatic rings. The summed E-state index contributed by atoms with van der Waals surface area (Å²) in [5.74, 6) is 0. The van der Waals surface area contributed by atoms with Crippen molar-refractivity contribution in [2.45, 2.75) is 19.4 Å². The molecule has 0 radical (unpaired) electrons. The van der Waals surface area contributed by atoms with Gasteiger partial charge in [-0.15, -0.1) is 0 Å². The summed E-state index contributed by atoms with van der Waals surface area (Å²) in [6, 6.07) is 16.9. The highest BCUT2D eigenvalue weighted by molar-refractivity contribution is 5.97. The summed E-state index contributed by atoms with van der Waals surface area (Å²) < 4.78 is 2.14. The number of nitrogens with zero attached hydrogens (tertiary/aromatic N) is 4. The van der Waals surface area contributed by atoms with Crippen molar-refractivity contribution in [3.63, 3.8) is 0 Å². The van der Waals surface area contributed by atoms with E-state index in [1.807, 2.05) is 12.3 Å². The van der Waals surface area contributed by atoms with Crippen molar-refractivity contribution < 1.29 is 0 Å². The molecular formula is C25H23N5. The molecule has 0 aliphatic rings. The van der Waals surface area contributed by atoms with Crippen molar-refractivity contribution in [3.05, 3.63) is 85.1 Å². The number of rotatable bonds is 4. The van der Waals surface area contributed by atoms with Crippen LogP contribution in [0.5, 0.6) is 0 Å². The number of anilines is 1. The van der Waals surface area contributed by atoms with Crippen LogP contribution in [0.25, 0.3) is 33.1 Å². The minimum absolute atomic E-state index is 0.288. The van der Waals surface area contributed by atoms with Gasteiger partial charge in [0.2, 0.25) is 0 Å². The van der Waals surface area contributed by atoms with Crippen LogP contribution in [0.2, 0.25) is 0 Å². The largest absolute Gasteiger partial charge is 0.376 e. The second-order valence-corrected chi connectivity index (χ2v) is 8.14. The van der Waals surface area contributed by atoms with Gasteiger partial charge in [-0.25, -0.2) is 0 Å². The van der Waals surface area contributed by atoms with E-state index in [9.17, 15) is 0 Å². The first-order valence-electron chi connectivity index (χ1n) is 10.0. The number of aryl methyl sites for hydroxylation is 1. The Bertz CT molecular complexity index is 1350. The lowest BCUT2D eigenvalue weighted by atomic mass is 9.94. The minimum Gasteiger partial charge on any atom is -0.376 e. The standard InChI is InChI=1S/C25H23N5/c1-25(2,19-5-4-9-26-16-19)29-20-14-21(24-22(15-20)27-10-11-28-24)18-7-6-17-8-12-30(3)23(17)13-18/h4-16,29H,1-3H3. The highest BCUT2D eigenvalue weighted by atomic mass is 15.0. The van der Waals surface area contributed by atoms with Gasteiger partial charge >= 0.3 is 0 Å². The van der Waals surface area contributed by atoms with Gasteiger partial charge in [0.25, 0.3) is 0 Å². The van der Waals surface area contributed by atoms with Crippen LogP contribution >= 0.6 is 0 Å². The first kappa shape index (κ1) is 18.3. The molecule has 0 aliphatic heterocycles. The molecule has 0 spiro atoms. The Kier molecular flexibility index (Phi) is 4.24. The van der Waals surface area contributed by atoms with Gasteiger partial charge in [-0.3, -0.25) is 15.0 Å². The van der Waals surface area contributed by atoms with Crippen LogP contribution in [0, 0.1) is 0 Å². The molecule has 0 amide bonds. The number of nitrogens with one attached hydrogen (secondary N) is 1. The van der Waals surface area contributed by atoms with Crippen molar-refractivity contribution in [3.8, 4) is 11.1 Å². The van der Waals surface area contributed by atoms with E-state index in [0.717, 1.165) is 33.4 Å². The Hall–Kier alpha value is -3.73. The average Bonchev–Trinajstić information content (AvgIpc) is 3.14. The lowest BCUT2D eigenvalue weighted by Gasteiger charge is -2.28. The molecule has 0 atom stereocenters. The molecule has 5 nitrogen and oxygen atoms in total. The fourth-order valence-corrected chi connectivity index (χ4v) is 3.96. The van der Waals surface area contributed by atoms with Gasteiger partial charge in [0.05, 0.1) is 16.6 Å². The van der Waals surface area contributed by atoms with E-state index >= 15 is 0 Å². The summed E-state index contributed by atoms with van der Waals surface area (Å²) in [5.41, 5.74) is 6.98. The third-order valence-electron chi connectivity index (χ3n) is 5.61. The van der Waals surface area contributed by atoms with Crippen LogP contribution in [0.1, 0.15) is 19.4 Å². The summed E-state index contributed by atoms with van der Waals surface area (Å²) in [6.45, 7) is 4.31. The SMILES string of the molecule is Cn1ccc2ccc(-c3cc(NC(C)(C)c4cccnc4)cc4nccnc34)cc21. The molecule has 3 aromatic heterocycles. The predicted octanol–water partition coefficient (Wildman–Crippen LogP) is 5.53. The van der Waals surface area contributed by atoms with Gasteiger partial charge in [-0.2, -0.15) is 0 Å². The van der Waals surface area contributed by atoms with E-state index in [2.05, 4.69) is 94.4 Å². The number of aromatic nitrogens is 4. The fraction of sp³-hybridized carbons (Fsp3) is 0.160. The number of pyridine rings is 1. The molecule has 1 N–H and O–H groups in total. The number of fused-ring (bicyclic) bond motifs is 2. The lowest BCUT2D eigenvalue weighted by molar-refractivity contribution is 0.607. The Morgan fingerprint density at radius 3 is 2.63 bits per heavy atom. The summed E-state index contributed by atoms with van der Waals surface area (Å²) in [7, 11) is 2.07. The van der Waals surface area contributed by atoms with Crippen LogP contribution in [0.4, 0.5) is 5.69 Å². The first-order valence-corrected chi connectivity index (χ1v) is 10.0. The van der Waals surface area contributed by atoms with Gasteiger partial charge in [0.1, 0.15) is 0 Å². The molecule has 5 heteroatoms. The predicted molar refractivity (Wildman–Crippen MR) is 122 cm³/mol. The normalized spacial score (nSPS) is 11.8. The molecule has 0 unspecified atom stereocenters. The van der Waals surface area contributed by atoms with Crippen molar-refractivity contribution in [1.29, 1.82) is 0 Å². The van der Waals surface area contributed by atoms with Crippen molar-refractivity contribution in [2.75, 3.05) is 5.32 Å². The molecule has 3 heterocycles.